The van der Waals surface area contributed by atoms with Crippen LogP contribution in [0.25, 0.3) is 0 Å². The van der Waals surface area contributed by atoms with Gasteiger partial charge in [0, 0.05) is 18.7 Å². The van der Waals surface area contributed by atoms with Gasteiger partial charge in [0.25, 0.3) is 5.91 Å². The highest BCUT2D eigenvalue weighted by Gasteiger charge is 2.48. The van der Waals surface area contributed by atoms with Crippen molar-refractivity contribution >= 4 is 23.4 Å². The Labute approximate surface area is 154 Å². The number of rotatable bonds is 2. The summed E-state index contributed by atoms with van der Waals surface area (Å²) in [5, 5.41) is 0. The highest BCUT2D eigenvalue weighted by Crippen LogP contribution is 2.40. The molecule has 3 amide bonds. The molecule has 3 aliphatic rings. The predicted molar refractivity (Wildman–Crippen MR) is 98.7 cm³/mol. The fourth-order valence-corrected chi connectivity index (χ4v) is 4.56. The molecule has 0 radical (unpaired) electrons. The molecule has 2 atom stereocenters. The quantitative estimate of drug-likeness (QED) is 0.766. The fraction of sp³-hybridized carbons (Fsp3) is 0.571. The van der Waals surface area contributed by atoms with E-state index in [0.29, 0.717) is 17.2 Å². The lowest BCUT2D eigenvalue weighted by molar-refractivity contribution is -0.122. The Morgan fingerprint density at radius 1 is 0.885 bits per heavy atom. The van der Waals surface area contributed by atoms with Crippen LogP contribution in [0.1, 0.15) is 55.8 Å². The van der Waals surface area contributed by atoms with Crippen LogP contribution in [-0.4, -0.2) is 35.7 Å². The van der Waals surface area contributed by atoms with Gasteiger partial charge < -0.3 is 4.90 Å². The molecule has 1 saturated carbocycles. The smallest absolute Gasteiger partial charge is 0.253 e. The standard InChI is InChI=1S/C21H26N2O3/c1-14-10-12-22(13-11-14)19(24)15-6-8-16(9-7-15)23-20(25)17-4-2-3-5-18(17)21(23)26/h6-9,14,17-18H,2-5,10-13H2,1H3/t17-,18-/m1/s1. The number of hydrogen-bond donors (Lipinski definition) is 0. The number of benzene rings is 1. The summed E-state index contributed by atoms with van der Waals surface area (Å²) in [5.74, 6) is 0.293. The van der Waals surface area contributed by atoms with Gasteiger partial charge >= 0.3 is 0 Å². The minimum atomic E-state index is -0.145. The molecule has 1 aliphatic carbocycles. The maximum absolute atomic E-state index is 12.7. The molecule has 138 valence electrons. The number of nitrogens with zero attached hydrogens (tertiary/aromatic N) is 2. The van der Waals surface area contributed by atoms with Gasteiger partial charge in [-0.1, -0.05) is 19.8 Å². The summed E-state index contributed by atoms with van der Waals surface area (Å²) in [4.78, 5) is 41.2. The Morgan fingerprint density at radius 2 is 1.42 bits per heavy atom. The lowest BCUT2D eigenvalue weighted by Crippen LogP contribution is -2.38. The van der Waals surface area contributed by atoms with Gasteiger partial charge in [-0.05, 0) is 55.9 Å². The van der Waals surface area contributed by atoms with Gasteiger partial charge in [-0.15, -0.1) is 0 Å². The summed E-state index contributed by atoms with van der Waals surface area (Å²) in [6.45, 7) is 3.82. The van der Waals surface area contributed by atoms with E-state index in [1.807, 2.05) is 4.90 Å². The topological polar surface area (TPSA) is 57.7 Å². The average Bonchev–Trinajstić information content (AvgIpc) is 2.93. The number of carbonyl (C=O) groups excluding carboxylic acids is 3. The maximum Gasteiger partial charge on any atom is 0.253 e. The second-order valence-corrected chi connectivity index (χ2v) is 8.03. The van der Waals surface area contributed by atoms with E-state index in [1.54, 1.807) is 24.3 Å². The zero-order valence-electron chi connectivity index (χ0n) is 15.3. The molecule has 0 spiro atoms. The number of fused-ring (bicyclic) bond motifs is 1. The lowest BCUT2D eigenvalue weighted by atomic mass is 9.81. The molecular weight excluding hydrogens is 328 g/mol. The van der Waals surface area contributed by atoms with Crippen LogP contribution in [0.2, 0.25) is 0 Å². The summed E-state index contributed by atoms with van der Waals surface area (Å²) < 4.78 is 0. The molecule has 1 aromatic rings. The van der Waals surface area contributed by atoms with E-state index in [2.05, 4.69) is 6.92 Å². The summed E-state index contributed by atoms with van der Waals surface area (Å²) >= 11 is 0. The van der Waals surface area contributed by atoms with Crippen LogP contribution < -0.4 is 4.90 Å². The Hall–Kier alpha value is -2.17. The van der Waals surface area contributed by atoms with E-state index < -0.39 is 0 Å². The van der Waals surface area contributed by atoms with Crippen molar-refractivity contribution in [3.05, 3.63) is 29.8 Å². The molecular formula is C21H26N2O3. The summed E-state index contributed by atoms with van der Waals surface area (Å²) in [5.41, 5.74) is 1.22. The van der Waals surface area contributed by atoms with Crippen LogP contribution in [0.5, 0.6) is 0 Å². The molecule has 5 heteroatoms. The van der Waals surface area contributed by atoms with Crippen LogP contribution in [0.4, 0.5) is 5.69 Å². The van der Waals surface area contributed by atoms with E-state index >= 15 is 0 Å². The SMILES string of the molecule is CC1CCN(C(=O)c2ccc(N3C(=O)[C@@H]4CCCC[C@H]4C3=O)cc2)CC1. The van der Waals surface area contributed by atoms with E-state index in [9.17, 15) is 14.4 Å². The van der Waals surface area contributed by atoms with Gasteiger partial charge in [-0.3, -0.25) is 19.3 Å². The lowest BCUT2D eigenvalue weighted by Gasteiger charge is -2.30. The number of hydrogen-bond acceptors (Lipinski definition) is 3. The van der Waals surface area contributed by atoms with Crippen LogP contribution >= 0.6 is 0 Å². The molecule has 0 aromatic heterocycles. The molecule has 2 heterocycles. The van der Waals surface area contributed by atoms with Crippen LogP contribution in [0.15, 0.2) is 24.3 Å². The first-order valence-corrected chi connectivity index (χ1v) is 9.83. The summed E-state index contributed by atoms with van der Waals surface area (Å²) in [7, 11) is 0. The monoisotopic (exact) mass is 354 g/mol. The summed E-state index contributed by atoms with van der Waals surface area (Å²) in [6, 6.07) is 6.98. The number of imide groups is 1. The largest absolute Gasteiger partial charge is 0.339 e. The number of anilines is 1. The molecule has 1 aromatic carbocycles. The van der Waals surface area contributed by atoms with E-state index in [-0.39, 0.29) is 29.6 Å². The molecule has 0 bridgehead atoms. The van der Waals surface area contributed by atoms with Crippen LogP contribution in [0, 0.1) is 17.8 Å². The third-order valence-electron chi connectivity index (χ3n) is 6.28. The average molecular weight is 354 g/mol. The van der Waals surface area contributed by atoms with Crippen molar-refractivity contribution in [2.75, 3.05) is 18.0 Å². The zero-order valence-corrected chi connectivity index (χ0v) is 15.3. The number of piperidine rings is 1. The molecule has 0 N–H and O–H groups in total. The second-order valence-electron chi connectivity index (χ2n) is 8.03. The molecule has 4 rings (SSSR count). The molecule has 26 heavy (non-hydrogen) atoms. The Balaban J connectivity index is 1.50. The van der Waals surface area contributed by atoms with Crippen LogP contribution in [0.3, 0.4) is 0 Å². The van der Waals surface area contributed by atoms with Crippen molar-refractivity contribution in [1.29, 1.82) is 0 Å². The maximum atomic E-state index is 12.7. The Morgan fingerprint density at radius 3 is 1.96 bits per heavy atom. The first-order chi connectivity index (χ1) is 12.6. The van der Waals surface area contributed by atoms with Gasteiger partial charge in [0.2, 0.25) is 11.8 Å². The zero-order chi connectivity index (χ0) is 18.3. The number of amides is 3. The Kier molecular flexibility index (Phi) is 4.55. The van der Waals surface area contributed by atoms with Crippen molar-refractivity contribution in [3.8, 4) is 0 Å². The Bertz CT molecular complexity index is 695. The highest BCUT2D eigenvalue weighted by atomic mass is 16.2. The van der Waals surface area contributed by atoms with Crippen molar-refractivity contribution in [2.45, 2.75) is 45.4 Å². The van der Waals surface area contributed by atoms with Gasteiger partial charge in [-0.2, -0.15) is 0 Å². The molecule has 3 fully saturated rings. The third-order valence-corrected chi connectivity index (χ3v) is 6.28. The predicted octanol–water partition coefficient (Wildman–Crippen LogP) is 3.24. The highest BCUT2D eigenvalue weighted by molar-refractivity contribution is 6.22. The van der Waals surface area contributed by atoms with Crippen molar-refractivity contribution in [3.63, 3.8) is 0 Å². The van der Waals surface area contributed by atoms with Gasteiger partial charge in [0.1, 0.15) is 0 Å². The molecule has 2 saturated heterocycles. The second kappa shape index (κ2) is 6.86. The number of likely N-dealkylation sites (tertiary alicyclic amines) is 1. The van der Waals surface area contributed by atoms with Crippen molar-refractivity contribution in [1.82, 2.24) is 4.90 Å². The van der Waals surface area contributed by atoms with Crippen LogP contribution in [-0.2, 0) is 9.59 Å². The third kappa shape index (κ3) is 2.93. The minimum absolute atomic E-state index is 0.0381. The normalized spacial score (nSPS) is 27.0. The van der Waals surface area contributed by atoms with Gasteiger partial charge in [0.05, 0.1) is 17.5 Å². The van der Waals surface area contributed by atoms with Crippen molar-refractivity contribution < 1.29 is 14.4 Å². The van der Waals surface area contributed by atoms with Gasteiger partial charge in [-0.25, -0.2) is 0 Å². The molecule has 5 nitrogen and oxygen atoms in total. The van der Waals surface area contributed by atoms with Crippen molar-refractivity contribution in [2.24, 2.45) is 17.8 Å². The van der Waals surface area contributed by atoms with E-state index in [1.165, 1.54) is 4.90 Å². The minimum Gasteiger partial charge on any atom is -0.339 e. The van der Waals surface area contributed by atoms with E-state index in [4.69, 9.17) is 0 Å². The molecule has 2 aliphatic heterocycles. The number of carbonyl (C=O) groups is 3. The fourth-order valence-electron chi connectivity index (χ4n) is 4.56. The first kappa shape index (κ1) is 17.3. The summed E-state index contributed by atoms with van der Waals surface area (Å²) in [6.07, 6.45) is 5.77. The van der Waals surface area contributed by atoms with Gasteiger partial charge in [0.15, 0.2) is 0 Å². The first-order valence-electron chi connectivity index (χ1n) is 9.83. The molecule has 0 unspecified atom stereocenters. The van der Waals surface area contributed by atoms with E-state index in [0.717, 1.165) is 51.6 Å².